The Bertz CT molecular complexity index is 396. The smallest absolute Gasteiger partial charge is 0.127 e. The summed E-state index contributed by atoms with van der Waals surface area (Å²) >= 11 is 0. The van der Waals surface area contributed by atoms with Crippen molar-refractivity contribution in [1.29, 1.82) is 0 Å². The van der Waals surface area contributed by atoms with Crippen molar-refractivity contribution in [2.24, 2.45) is 5.92 Å². The second-order valence-corrected chi connectivity index (χ2v) is 5.24. The summed E-state index contributed by atoms with van der Waals surface area (Å²) in [7, 11) is 2.08. The minimum Gasteiger partial charge on any atom is -0.493 e. The van der Waals surface area contributed by atoms with Gasteiger partial charge in [0.1, 0.15) is 5.75 Å². The summed E-state index contributed by atoms with van der Waals surface area (Å²) in [5, 5.41) is 3.51. The molecule has 0 saturated heterocycles. The van der Waals surface area contributed by atoms with Gasteiger partial charge in [-0.1, -0.05) is 31.0 Å². The van der Waals surface area contributed by atoms with Crippen molar-refractivity contribution < 1.29 is 4.74 Å². The maximum Gasteiger partial charge on any atom is 0.127 e. The number of ether oxygens (including phenoxy) is 1. The van der Waals surface area contributed by atoms with E-state index in [-0.39, 0.29) is 0 Å². The quantitative estimate of drug-likeness (QED) is 0.863. The van der Waals surface area contributed by atoms with Gasteiger partial charge in [0, 0.05) is 18.0 Å². The molecule has 1 aromatic carbocycles. The first-order valence-corrected chi connectivity index (χ1v) is 6.82. The van der Waals surface area contributed by atoms with E-state index >= 15 is 0 Å². The van der Waals surface area contributed by atoms with Crippen LogP contribution < -0.4 is 10.1 Å². The number of hydrogen-bond donors (Lipinski definition) is 1. The Morgan fingerprint density at radius 1 is 1.29 bits per heavy atom. The van der Waals surface area contributed by atoms with Crippen molar-refractivity contribution in [2.45, 2.75) is 38.1 Å². The van der Waals surface area contributed by atoms with Gasteiger partial charge in [0.2, 0.25) is 0 Å². The molecular weight excluding hydrogens is 210 g/mol. The third-order valence-electron chi connectivity index (χ3n) is 4.26. The van der Waals surface area contributed by atoms with Gasteiger partial charge in [0.15, 0.2) is 0 Å². The van der Waals surface area contributed by atoms with Gasteiger partial charge in [0.25, 0.3) is 0 Å². The van der Waals surface area contributed by atoms with E-state index in [1.54, 1.807) is 0 Å². The molecule has 1 aliphatic carbocycles. The predicted octanol–water partition coefficient (Wildman–Crippen LogP) is 3.07. The SMILES string of the molecule is CNC(c1cccc2c1OCC2)C1CCCC1. The molecule has 1 unspecified atom stereocenters. The first-order valence-electron chi connectivity index (χ1n) is 6.82. The number of para-hydroxylation sites is 1. The largest absolute Gasteiger partial charge is 0.493 e. The standard InChI is InChI=1S/C15H21NO/c1-16-14(11-5-2-3-6-11)13-8-4-7-12-9-10-17-15(12)13/h4,7-8,11,14,16H,2-3,5-6,9-10H2,1H3. The van der Waals surface area contributed by atoms with Crippen LogP contribution in [0.2, 0.25) is 0 Å². The van der Waals surface area contributed by atoms with Gasteiger partial charge in [-0.2, -0.15) is 0 Å². The molecule has 3 rings (SSSR count). The Balaban J connectivity index is 1.93. The monoisotopic (exact) mass is 231 g/mol. The second kappa shape index (κ2) is 4.69. The third-order valence-corrected chi connectivity index (χ3v) is 4.26. The van der Waals surface area contributed by atoms with Crippen LogP contribution in [0.25, 0.3) is 0 Å². The zero-order chi connectivity index (χ0) is 11.7. The van der Waals surface area contributed by atoms with E-state index in [0.29, 0.717) is 6.04 Å². The highest BCUT2D eigenvalue weighted by Gasteiger charge is 2.29. The van der Waals surface area contributed by atoms with E-state index in [1.165, 1.54) is 42.6 Å². The summed E-state index contributed by atoms with van der Waals surface area (Å²) in [6.07, 6.45) is 6.56. The fraction of sp³-hybridized carbons (Fsp3) is 0.600. The normalized spacial score (nSPS) is 21.2. The lowest BCUT2D eigenvalue weighted by atomic mass is 9.90. The van der Waals surface area contributed by atoms with Crippen LogP contribution in [0.15, 0.2) is 18.2 Å². The minimum atomic E-state index is 0.477. The van der Waals surface area contributed by atoms with Crippen LogP contribution in [0.3, 0.4) is 0 Å². The molecule has 0 spiro atoms. The molecule has 1 aliphatic heterocycles. The molecule has 2 heteroatoms. The second-order valence-electron chi connectivity index (χ2n) is 5.24. The highest BCUT2D eigenvalue weighted by atomic mass is 16.5. The van der Waals surface area contributed by atoms with Crippen LogP contribution in [0, 0.1) is 5.92 Å². The summed E-state index contributed by atoms with van der Waals surface area (Å²) < 4.78 is 5.83. The molecule has 1 heterocycles. The minimum absolute atomic E-state index is 0.477. The molecule has 1 N–H and O–H groups in total. The lowest BCUT2D eigenvalue weighted by Crippen LogP contribution is -2.24. The van der Waals surface area contributed by atoms with Crippen LogP contribution in [-0.4, -0.2) is 13.7 Å². The Morgan fingerprint density at radius 3 is 2.88 bits per heavy atom. The van der Waals surface area contributed by atoms with E-state index < -0.39 is 0 Å². The number of hydrogen-bond acceptors (Lipinski definition) is 2. The number of nitrogens with one attached hydrogen (secondary N) is 1. The topological polar surface area (TPSA) is 21.3 Å². The van der Waals surface area contributed by atoms with Crippen molar-refractivity contribution in [3.8, 4) is 5.75 Å². The van der Waals surface area contributed by atoms with Gasteiger partial charge in [-0.3, -0.25) is 0 Å². The molecule has 1 atom stereocenters. The maximum atomic E-state index is 5.83. The Kier molecular flexibility index (Phi) is 3.06. The van der Waals surface area contributed by atoms with Crippen LogP contribution in [0.4, 0.5) is 0 Å². The van der Waals surface area contributed by atoms with E-state index in [4.69, 9.17) is 4.74 Å². The Hall–Kier alpha value is -1.02. The summed E-state index contributed by atoms with van der Waals surface area (Å²) in [5.41, 5.74) is 2.77. The van der Waals surface area contributed by atoms with Gasteiger partial charge < -0.3 is 10.1 Å². The van der Waals surface area contributed by atoms with E-state index in [9.17, 15) is 0 Å². The number of fused-ring (bicyclic) bond motifs is 1. The van der Waals surface area contributed by atoms with E-state index in [0.717, 1.165) is 18.9 Å². The average Bonchev–Trinajstić information content (AvgIpc) is 3.00. The van der Waals surface area contributed by atoms with Gasteiger partial charge in [-0.15, -0.1) is 0 Å². The van der Waals surface area contributed by atoms with Crippen molar-refractivity contribution in [3.63, 3.8) is 0 Å². The van der Waals surface area contributed by atoms with Crippen LogP contribution in [-0.2, 0) is 6.42 Å². The third kappa shape index (κ3) is 1.95. The lowest BCUT2D eigenvalue weighted by molar-refractivity contribution is 0.333. The van der Waals surface area contributed by atoms with Crippen molar-refractivity contribution in [2.75, 3.05) is 13.7 Å². The van der Waals surface area contributed by atoms with Crippen molar-refractivity contribution in [3.05, 3.63) is 29.3 Å². The molecular formula is C15H21NO. The molecule has 0 radical (unpaired) electrons. The molecule has 0 amide bonds. The molecule has 2 nitrogen and oxygen atoms in total. The zero-order valence-corrected chi connectivity index (χ0v) is 10.5. The summed E-state index contributed by atoms with van der Waals surface area (Å²) in [6.45, 7) is 0.855. The fourth-order valence-corrected chi connectivity index (χ4v) is 3.42. The van der Waals surface area contributed by atoms with Crippen molar-refractivity contribution >= 4 is 0 Å². The fourth-order valence-electron chi connectivity index (χ4n) is 3.42. The van der Waals surface area contributed by atoms with Crippen LogP contribution in [0.5, 0.6) is 5.75 Å². The molecule has 0 bridgehead atoms. The number of benzene rings is 1. The van der Waals surface area contributed by atoms with E-state index in [2.05, 4.69) is 30.6 Å². The molecule has 17 heavy (non-hydrogen) atoms. The van der Waals surface area contributed by atoms with Gasteiger partial charge in [-0.05, 0) is 31.4 Å². The molecule has 92 valence electrons. The molecule has 1 fully saturated rings. The summed E-state index contributed by atoms with van der Waals surface area (Å²) in [6, 6.07) is 7.10. The van der Waals surface area contributed by atoms with E-state index in [1.807, 2.05) is 0 Å². The molecule has 0 aromatic heterocycles. The summed E-state index contributed by atoms with van der Waals surface area (Å²) in [4.78, 5) is 0. The molecule has 2 aliphatic rings. The average molecular weight is 231 g/mol. The first kappa shape index (κ1) is 11.1. The van der Waals surface area contributed by atoms with Crippen LogP contribution in [0.1, 0.15) is 42.9 Å². The Labute approximate surface area is 103 Å². The predicted molar refractivity (Wildman–Crippen MR) is 69.4 cm³/mol. The van der Waals surface area contributed by atoms with Gasteiger partial charge >= 0.3 is 0 Å². The zero-order valence-electron chi connectivity index (χ0n) is 10.5. The van der Waals surface area contributed by atoms with Crippen LogP contribution >= 0.6 is 0 Å². The highest BCUT2D eigenvalue weighted by molar-refractivity contribution is 5.45. The molecule has 1 aromatic rings. The highest BCUT2D eigenvalue weighted by Crippen LogP contribution is 2.41. The number of rotatable bonds is 3. The first-order chi connectivity index (χ1) is 8.40. The lowest BCUT2D eigenvalue weighted by Gasteiger charge is -2.25. The molecule has 1 saturated carbocycles. The maximum absolute atomic E-state index is 5.83. The van der Waals surface area contributed by atoms with Crippen molar-refractivity contribution in [1.82, 2.24) is 5.32 Å². The van der Waals surface area contributed by atoms with Gasteiger partial charge in [0.05, 0.1) is 6.61 Å². The summed E-state index contributed by atoms with van der Waals surface area (Å²) in [5.74, 6) is 1.95. The Morgan fingerprint density at radius 2 is 2.12 bits per heavy atom. The van der Waals surface area contributed by atoms with Gasteiger partial charge in [-0.25, -0.2) is 0 Å².